The third kappa shape index (κ3) is 1.91. The number of alkyl halides is 3. The van der Waals surface area contributed by atoms with Gasteiger partial charge in [0, 0.05) is 5.69 Å². The molecule has 0 aliphatic heterocycles. The highest BCUT2D eigenvalue weighted by Crippen LogP contribution is 2.56. The fourth-order valence-corrected chi connectivity index (χ4v) is 2.32. The molecule has 1 heterocycles. The van der Waals surface area contributed by atoms with Crippen LogP contribution in [0.1, 0.15) is 12.8 Å². The second kappa shape index (κ2) is 4.34. The first-order chi connectivity index (χ1) is 9.90. The molecule has 1 aromatic carbocycles. The van der Waals surface area contributed by atoms with Crippen molar-refractivity contribution < 1.29 is 17.9 Å². The molecule has 1 aliphatic carbocycles. The number of halogens is 3. The summed E-state index contributed by atoms with van der Waals surface area (Å²) < 4.78 is 45.7. The zero-order valence-electron chi connectivity index (χ0n) is 11.1. The Labute approximate surface area is 117 Å². The molecular weight excluding hydrogens is 287 g/mol. The van der Waals surface area contributed by atoms with Crippen molar-refractivity contribution in [2.75, 3.05) is 12.8 Å². The highest BCUT2D eigenvalue weighted by Gasteiger charge is 2.67. The van der Waals surface area contributed by atoms with E-state index in [1.165, 1.54) is 7.11 Å². The maximum atomic E-state index is 13.3. The van der Waals surface area contributed by atoms with Gasteiger partial charge in [0.1, 0.15) is 5.75 Å². The number of rotatable bonds is 3. The minimum atomic E-state index is -4.42. The largest absolute Gasteiger partial charge is 0.496 e. The number of nitrogens with two attached hydrogens (primary N) is 1. The van der Waals surface area contributed by atoms with E-state index in [1.807, 2.05) is 0 Å². The van der Waals surface area contributed by atoms with Gasteiger partial charge >= 0.3 is 6.18 Å². The minimum absolute atomic E-state index is 0.0419. The van der Waals surface area contributed by atoms with E-state index in [0.29, 0.717) is 5.75 Å². The van der Waals surface area contributed by atoms with E-state index in [4.69, 9.17) is 10.5 Å². The lowest BCUT2D eigenvalue weighted by atomic mass is 10.1. The molecule has 0 radical (unpaired) electrons. The Morgan fingerprint density at radius 2 is 2.05 bits per heavy atom. The zero-order valence-corrected chi connectivity index (χ0v) is 11.1. The van der Waals surface area contributed by atoms with Crippen LogP contribution in [-0.4, -0.2) is 33.5 Å². The smallest absolute Gasteiger partial charge is 0.413 e. The van der Waals surface area contributed by atoms with Gasteiger partial charge in [-0.3, -0.25) is 0 Å². The molecule has 1 saturated carbocycles. The SMILES string of the molecule is COc1cccc(N)c1-c1nnnn1C1(C(F)(F)F)CC1. The molecule has 0 amide bonds. The maximum absolute atomic E-state index is 13.3. The number of hydrogen-bond acceptors (Lipinski definition) is 5. The summed E-state index contributed by atoms with van der Waals surface area (Å²) in [5, 5.41) is 10.6. The van der Waals surface area contributed by atoms with E-state index < -0.39 is 11.7 Å². The normalized spacial score (nSPS) is 16.8. The number of tetrazole rings is 1. The molecule has 112 valence electrons. The average molecular weight is 299 g/mol. The molecular formula is C12H12F3N5O. The van der Waals surface area contributed by atoms with Gasteiger partial charge in [-0.15, -0.1) is 5.10 Å². The number of ether oxygens (including phenoxy) is 1. The van der Waals surface area contributed by atoms with Gasteiger partial charge in [0.05, 0.1) is 12.7 Å². The van der Waals surface area contributed by atoms with Crippen LogP contribution >= 0.6 is 0 Å². The fraction of sp³-hybridized carbons (Fsp3) is 0.417. The van der Waals surface area contributed by atoms with Gasteiger partial charge in [0.2, 0.25) is 0 Å². The predicted octanol–water partition coefficient (Wildman–Crippen LogP) is 1.98. The Balaban J connectivity index is 2.18. The van der Waals surface area contributed by atoms with Gasteiger partial charge in [0.25, 0.3) is 0 Å². The Bertz CT molecular complexity index is 678. The summed E-state index contributed by atoms with van der Waals surface area (Å²) in [7, 11) is 1.41. The molecule has 1 aliphatic rings. The van der Waals surface area contributed by atoms with Crippen LogP contribution in [0.5, 0.6) is 5.75 Å². The number of methoxy groups -OCH3 is 1. The van der Waals surface area contributed by atoms with Gasteiger partial charge in [0.15, 0.2) is 11.4 Å². The number of benzene rings is 1. The van der Waals surface area contributed by atoms with E-state index in [-0.39, 0.29) is 29.9 Å². The summed E-state index contributed by atoms with van der Waals surface area (Å²) in [4.78, 5) is 0. The number of hydrogen-bond donors (Lipinski definition) is 1. The van der Waals surface area contributed by atoms with Crippen molar-refractivity contribution >= 4 is 5.69 Å². The van der Waals surface area contributed by atoms with Crippen LogP contribution in [0.2, 0.25) is 0 Å². The summed E-state index contributed by atoms with van der Waals surface area (Å²) in [6, 6.07) is 4.80. The number of anilines is 1. The van der Waals surface area contributed by atoms with Crippen LogP contribution in [0.3, 0.4) is 0 Å². The molecule has 1 fully saturated rings. The second-order valence-corrected chi connectivity index (χ2v) is 4.87. The third-order valence-electron chi connectivity index (χ3n) is 3.63. The Hall–Kier alpha value is -2.32. The van der Waals surface area contributed by atoms with Crippen LogP contribution < -0.4 is 10.5 Å². The maximum Gasteiger partial charge on any atom is 0.413 e. The lowest BCUT2D eigenvalue weighted by Crippen LogP contribution is -2.36. The monoisotopic (exact) mass is 299 g/mol. The van der Waals surface area contributed by atoms with Crippen molar-refractivity contribution in [2.45, 2.75) is 24.6 Å². The van der Waals surface area contributed by atoms with E-state index in [9.17, 15) is 13.2 Å². The van der Waals surface area contributed by atoms with E-state index >= 15 is 0 Å². The number of aromatic nitrogens is 4. The van der Waals surface area contributed by atoms with Gasteiger partial charge in [-0.1, -0.05) is 6.07 Å². The first-order valence-corrected chi connectivity index (χ1v) is 6.19. The molecule has 2 aromatic rings. The number of nitrogen functional groups attached to an aromatic ring is 1. The quantitative estimate of drug-likeness (QED) is 0.877. The Morgan fingerprint density at radius 3 is 2.62 bits per heavy atom. The van der Waals surface area contributed by atoms with Crippen LogP contribution in [-0.2, 0) is 5.54 Å². The van der Waals surface area contributed by atoms with Gasteiger partial charge in [-0.05, 0) is 35.4 Å². The van der Waals surface area contributed by atoms with E-state index in [0.717, 1.165) is 4.68 Å². The molecule has 6 nitrogen and oxygen atoms in total. The van der Waals surface area contributed by atoms with Crippen molar-refractivity contribution in [1.82, 2.24) is 20.2 Å². The minimum Gasteiger partial charge on any atom is -0.496 e. The first kappa shape index (κ1) is 13.7. The molecule has 0 spiro atoms. The summed E-state index contributed by atoms with van der Waals surface area (Å²) in [6.07, 6.45) is -4.53. The first-order valence-electron chi connectivity index (χ1n) is 6.19. The zero-order chi connectivity index (χ0) is 15.3. The molecule has 9 heteroatoms. The van der Waals surface area contributed by atoms with Crippen molar-refractivity contribution in [3.05, 3.63) is 18.2 Å². The summed E-state index contributed by atoms with van der Waals surface area (Å²) in [6.45, 7) is 0. The van der Waals surface area contributed by atoms with Crippen molar-refractivity contribution in [1.29, 1.82) is 0 Å². The standard InChI is InChI=1S/C12H12F3N5O/c1-21-8-4-2-3-7(16)9(8)10-17-18-19-20(10)11(5-6-11)12(13,14)15/h2-4H,5-6,16H2,1H3. The third-order valence-corrected chi connectivity index (χ3v) is 3.63. The van der Waals surface area contributed by atoms with Gasteiger partial charge < -0.3 is 10.5 Å². The molecule has 21 heavy (non-hydrogen) atoms. The fourth-order valence-electron chi connectivity index (χ4n) is 2.32. The van der Waals surface area contributed by atoms with E-state index in [2.05, 4.69) is 15.5 Å². The molecule has 3 rings (SSSR count). The van der Waals surface area contributed by atoms with Crippen molar-refractivity contribution in [3.63, 3.8) is 0 Å². The average Bonchev–Trinajstić information content (AvgIpc) is 3.11. The summed E-state index contributed by atoms with van der Waals surface area (Å²) >= 11 is 0. The molecule has 0 atom stereocenters. The summed E-state index contributed by atoms with van der Waals surface area (Å²) in [5.74, 6) is 0.281. The number of nitrogens with zero attached hydrogens (tertiary/aromatic N) is 4. The topological polar surface area (TPSA) is 78.8 Å². The van der Waals surface area contributed by atoms with Crippen LogP contribution in [0, 0.1) is 0 Å². The van der Waals surface area contributed by atoms with Crippen LogP contribution in [0.15, 0.2) is 18.2 Å². The molecule has 2 N–H and O–H groups in total. The van der Waals surface area contributed by atoms with Crippen LogP contribution in [0.25, 0.3) is 11.4 Å². The lowest BCUT2D eigenvalue weighted by molar-refractivity contribution is -0.182. The Kier molecular flexibility index (Phi) is 2.82. The van der Waals surface area contributed by atoms with Gasteiger partial charge in [-0.2, -0.15) is 13.2 Å². The van der Waals surface area contributed by atoms with Crippen molar-refractivity contribution in [2.24, 2.45) is 0 Å². The highest BCUT2D eigenvalue weighted by atomic mass is 19.4. The van der Waals surface area contributed by atoms with Crippen molar-refractivity contribution in [3.8, 4) is 17.1 Å². The molecule has 0 unspecified atom stereocenters. The molecule has 1 aromatic heterocycles. The Morgan fingerprint density at radius 1 is 1.33 bits per heavy atom. The van der Waals surface area contributed by atoms with Gasteiger partial charge in [-0.25, -0.2) is 4.68 Å². The van der Waals surface area contributed by atoms with E-state index in [1.54, 1.807) is 18.2 Å². The molecule has 0 bridgehead atoms. The molecule has 0 saturated heterocycles. The predicted molar refractivity (Wildman–Crippen MR) is 67.5 cm³/mol. The van der Waals surface area contributed by atoms with Crippen LogP contribution in [0.4, 0.5) is 18.9 Å². The highest BCUT2D eigenvalue weighted by molar-refractivity contribution is 5.78. The summed E-state index contributed by atoms with van der Waals surface area (Å²) in [5.41, 5.74) is 4.33. The second-order valence-electron chi connectivity index (χ2n) is 4.87. The lowest BCUT2D eigenvalue weighted by Gasteiger charge is -2.21.